The van der Waals surface area contributed by atoms with Crippen LogP contribution in [0.3, 0.4) is 0 Å². The summed E-state index contributed by atoms with van der Waals surface area (Å²) < 4.78 is 10.7. The lowest BCUT2D eigenvalue weighted by Crippen LogP contribution is -2.35. The number of halogens is 1. The second kappa shape index (κ2) is 7.64. The topological polar surface area (TPSA) is 59.6 Å². The largest absolute Gasteiger partial charge is 0.492 e. The Morgan fingerprint density at radius 3 is 2.95 bits per heavy atom. The molecule has 1 heterocycles. The van der Waals surface area contributed by atoms with Gasteiger partial charge in [0.1, 0.15) is 5.75 Å². The van der Waals surface area contributed by atoms with Crippen LogP contribution < -0.4 is 15.4 Å². The molecule has 1 aromatic rings. The van der Waals surface area contributed by atoms with Crippen molar-refractivity contribution in [2.24, 2.45) is 0 Å². The quantitative estimate of drug-likeness (QED) is 0.847. The van der Waals surface area contributed by atoms with Crippen LogP contribution in [0.15, 0.2) is 18.2 Å². The van der Waals surface area contributed by atoms with Crippen molar-refractivity contribution in [3.8, 4) is 5.75 Å². The molecule has 0 aliphatic carbocycles. The molecule has 1 aliphatic heterocycles. The van der Waals surface area contributed by atoms with Gasteiger partial charge in [-0.2, -0.15) is 0 Å². The van der Waals surface area contributed by atoms with Crippen LogP contribution >= 0.6 is 11.6 Å². The minimum atomic E-state index is -0.232. The van der Waals surface area contributed by atoms with Crippen LogP contribution in [0.1, 0.15) is 19.8 Å². The lowest BCUT2D eigenvalue weighted by Gasteiger charge is -2.13. The molecule has 1 fully saturated rings. The van der Waals surface area contributed by atoms with Gasteiger partial charge in [-0.05, 0) is 31.0 Å². The Morgan fingerprint density at radius 2 is 2.33 bits per heavy atom. The first kappa shape index (κ1) is 16.1. The van der Waals surface area contributed by atoms with Crippen LogP contribution in [0.5, 0.6) is 5.75 Å². The molecule has 5 nitrogen and oxygen atoms in total. The molecule has 6 heteroatoms. The summed E-state index contributed by atoms with van der Waals surface area (Å²) in [6.45, 7) is 3.35. The average Bonchev–Trinajstić information content (AvgIpc) is 2.95. The zero-order valence-corrected chi connectivity index (χ0v) is 13.1. The van der Waals surface area contributed by atoms with E-state index in [0.717, 1.165) is 6.42 Å². The van der Waals surface area contributed by atoms with Crippen LogP contribution in [0.4, 0.5) is 5.69 Å². The van der Waals surface area contributed by atoms with E-state index in [1.54, 1.807) is 25.3 Å². The fourth-order valence-electron chi connectivity index (χ4n) is 2.22. The van der Waals surface area contributed by atoms with Gasteiger partial charge < -0.3 is 20.1 Å². The van der Waals surface area contributed by atoms with Crippen molar-refractivity contribution < 1.29 is 14.3 Å². The van der Waals surface area contributed by atoms with Gasteiger partial charge in [-0.25, -0.2) is 0 Å². The van der Waals surface area contributed by atoms with E-state index in [0.29, 0.717) is 36.0 Å². The first-order valence-corrected chi connectivity index (χ1v) is 7.51. The fourth-order valence-corrected chi connectivity index (χ4v) is 2.45. The lowest BCUT2D eigenvalue weighted by molar-refractivity contribution is -0.118. The van der Waals surface area contributed by atoms with E-state index >= 15 is 0 Å². The summed E-state index contributed by atoms with van der Waals surface area (Å²) in [5, 5.41) is 6.49. The van der Waals surface area contributed by atoms with Gasteiger partial charge in [0.2, 0.25) is 5.91 Å². The number of amides is 1. The maximum atomic E-state index is 12.1. The number of nitrogens with one attached hydrogen (secondary N) is 2. The molecular weight excluding hydrogens is 292 g/mol. The second-order valence-electron chi connectivity index (χ2n) is 5.04. The number of hydrogen-bond acceptors (Lipinski definition) is 4. The molecule has 2 unspecified atom stereocenters. The molecule has 0 radical (unpaired) electrons. The number of carbonyl (C=O) groups is 1. The minimum Gasteiger partial charge on any atom is -0.492 e. The Kier molecular flexibility index (Phi) is 5.85. The third kappa shape index (κ3) is 4.33. The van der Waals surface area contributed by atoms with E-state index in [-0.39, 0.29) is 18.1 Å². The molecule has 2 N–H and O–H groups in total. The van der Waals surface area contributed by atoms with Crippen molar-refractivity contribution in [1.29, 1.82) is 0 Å². The molecule has 1 saturated heterocycles. The highest BCUT2D eigenvalue weighted by atomic mass is 35.5. The Hall–Kier alpha value is -1.30. The molecule has 2 atom stereocenters. The van der Waals surface area contributed by atoms with E-state index in [4.69, 9.17) is 21.1 Å². The standard InChI is InChI=1S/C15H21ClN2O3/c1-3-6-21-14-5-4-10(7-12(14)16)18-15(19)13-8-11(20-2)9-17-13/h4-5,7,11,13,17H,3,6,8-9H2,1-2H3,(H,18,19). The van der Waals surface area contributed by atoms with Gasteiger partial charge in [-0.3, -0.25) is 4.79 Å². The van der Waals surface area contributed by atoms with Gasteiger partial charge in [-0.1, -0.05) is 18.5 Å². The molecular formula is C15H21ClN2O3. The molecule has 1 aliphatic rings. The summed E-state index contributed by atoms with van der Waals surface area (Å²) >= 11 is 6.14. The summed E-state index contributed by atoms with van der Waals surface area (Å²) in [5.74, 6) is 0.558. The first-order valence-electron chi connectivity index (χ1n) is 7.13. The van der Waals surface area contributed by atoms with Gasteiger partial charge >= 0.3 is 0 Å². The maximum Gasteiger partial charge on any atom is 0.241 e. The fraction of sp³-hybridized carbons (Fsp3) is 0.533. The molecule has 1 amide bonds. The number of hydrogen-bond donors (Lipinski definition) is 2. The highest BCUT2D eigenvalue weighted by Crippen LogP contribution is 2.28. The smallest absolute Gasteiger partial charge is 0.241 e. The second-order valence-corrected chi connectivity index (χ2v) is 5.44. The van der Waals surface area contributed by atoms with Gasteiger partial charge in [0.05, 0.1) is 23.8 Å². The van der Waals surface area contributed by atoms with E-state index in [2.05, 4.69) is 10.6 Å². The number of rotatable bonds is 6. The first-order chi connectivity index (χ1) is 10.1. The summed E-state index contributed by atoms with van der Waals surface area (Å²) in [6, 6.07) is 5.03. The molecule has 1 aromatic carbocycles. The van der Waals surface area contributed by atoms with Crippen molar-refractivity contribution in [3.63, 3.8) is 0 Å². The minimum absolute atomic E-state index is 0.0761. The van der Waals surface area contributed by atoms with Gasteiger partial charge in [0, 0.05) is 19.3 Å². The third-order valence-electron chi connectivity index (χ3n) is 3.40. The van der Waals surface area contributed by atoms with Crippen molar-refractivity contribution in [2.45, 2.75) is 31.9 Å². The van der Waals surface area contributed by atoms with Crippen molar-refractivity contribution in [2.75, 3.05) is 25.6 Å². The van der Waals surface area contributed by atoms with Crippen molar-refractivity contribution in [3.05, 3.63) is 23.2 Å². The molecule has 0 aromatic heterocycles. The van der Waals surface area contributed by atoms with Gasteiger partial charge in [0.25, 0.3) is 0 Å². The third-order valence-corrected chi connectivity index (χ3v) is 3.70. The summed E-state index contributed by atoms with van der Waals surface area (Å²) in [7, 11) is 1.65. The average molecular weight is 313 g/mol. The number of ether oxygens (including phenoxy) is 2. The van der Waals surface area contributed by atoms with Crippen LogP contribution in [-0.4, -0.2) is 38.3 Å². The highest BCUT2D eigenvalue weighted by Gasteiger charge is 2.29. The van der Waals surface area contributed by atoms with Crippen molar-refractivity contribution >= 4 is 23.2 Å². The van der Waals surface area contributed by atoms with Crippen LogP contribution in [0, 0.1) is 0 Å². The lowest BCUT2D eigenvalue weighted by atomic mass is 10.2. The van der Waals surface area contributed by atoms with Gasteiger partial charge in [-0.15, -0.1) is 0 Å². The highest BCUT2D eigenvalue weighted by molar-refractivity contribution is 6.32. The van der Waals surface area contributed by atoms with E-state index < -0.39 is 0 Å². The molecule has 116 valence electrons. The summed E-state index contributed by atoms with van der Waals surface area (Å²) in [6.07, 6.45) is 1.69. The maximum absolute atomic E-state index is 12.1. The predicted molar refractivity (Wildman–Crippen MR) is 83.1 cm³/mol. The number of benzene rings is 1. The Bertz CT molecular complexity index is 496. The predicted octanol–water partition coefficient (Wildman–Crippen LogP) is 2.44. The van der Waals surface area contributed by atoms with E-state index in [1.807, 2.05) is 6.92 Å². The molecule has 0 bridgehead atoms. The normalized spacial score (nSPS) is 21.3. The molecule has 2 rings (SSSR count). The van der Waals surface area contributed by atoms with Crippen molar-refractivity contribution in [1.82, 2.24) is 5.32 Å². The van der Waals surface area contributed by atoms with E-state index in [1.165, 1.54) is 0 Å². The van der Waals surface area contributed by atoms with Gasteiger partial charge in [0.15, 0.2) is 0 Å². The SMILES string of the molecule is CCCOc1ccc(NC(=O)C2CC(OC)CN2)cc1Cl. The monoisotopic (exact) mass is 312 g/mol. The van der Waals surface area contributed by atoms with Crippen LogP contribution in [0.25, 0.3) is 0 Å². The zero-order chi connectivity index (χ0) is 15.2. The Labute approximate surface area is 130 Å². The zero-order valence-electron chi connectivity index (χ0n) is 12.3. The molecule has 0 saturated carbocycles. The Morgan fingerprint density at radius 1 is 1.52 bits per heavy atom. The number of methoxy groups -OCH3 is 1. The summed E-state index contributed by atoms with van der Waals surface area (Å²) in [5.41, 5.74) is 0.663. The molecule has 21 heavy (non-hydrogen) atoms. The van der Waals surface area contributed by atoms with E-state index in [9.17, 15) is 4.79 Å². The summed E-state index contributed by atoms with van der Waals surface area (Å²) in [4.78, 5) is 12.1. The number of carbonyl (C=O) groups excluding carboxylic acids is 1. The molecule has 0 spiro atoms. The number of anilines is 1. The van der Waals surface area contributed by atoms with Crippen LogP contribution in [0.2, 0.25) is 5.02 Å². The van der Waals surface area contributed by atoms with Crippen LogP contribution in [-0.2, 0) is 9.53 Å². The Balaban J connectivity index is 1.93.